The molecule has 0 aliphatic rings. The quantitative estimate of drug-likeness (QED) is 0.479. The molecular weight excluding hydrogens is 404 g/mol. The summed E-state index contributed by atoms with van der Waals surface area (Å²) in [4.78, 5) is 12.5. The molecule has 0 bridgehead atoms. The predicted octanol–water partition coefficient (Wildman–Crippen LogP) is 5.65. The van der Waals surface area contributed by atoms with Crippen LogP contribution in [0.4, 0.5) is 5.69 Å². The molecule has 0 aliphatic carbocycles. The number of hydrogen-bond acceptors (Lipinski definition) is 3. The molecule has 2 rings (SSSR count). The van der Waals surface area contributed by atoms with E-state index in [-0.39, 0.29) is 5.57 Å². The van der Waals surface area contributed by atoms with E-state index in [1.165, 1.54) is 0 Å². The number of halogens is 1. The Morgan fingerprint density at radius 2 is 2.00 bits per heavy atom. The molecule has 140 valence electrons. The number of aryl methyl sites for hydroxylation is 2. The van der Waals surface area contributed by atoms with Crippen molar-refractivity contribution in [3.8, 4) is 11.8 Å². The Balaban J connectivity index is 2.18. The SMILES string of the molecule is Cc1ccc(NC(=O)/C(C#N)=C/c2ccc(OCC(C)C)c(Br)c2)c(C)c1. The molecule has 0 aromatic heterocycles. The van der Waals surface area contributed by atoms with E-state index in [2.05, 4.69) is 35.1 Å². The van der Waals surface area contributed by atoms with Gasteiger partial charge in [-0.3, -0.25) is 4.79 Å². The van der Waals surface area contributed by atoms with Crippen molar-refractivity contribution in [1.82, 2.24) is 0 Å². The van der Waals surface area contributed by atoms with Gasteiger partial charge in [0.1, 0.15) is 17.4 Å². The molecule has 0 radical (unpaired) electrons. The lowest BCUT2D eigenvalue weighted by Gasteiger charge is -2.11. The Hall–Kier alpha value is -2.58. The number of benzene rings is 2. The number of nitriles is 1. The first-order chi connectivity index (χ1) is 12.8. The van der Waals surface area contributed by atoms with Gasteiger partial charge in [0.15, 0.2) is 0 Å². The predicted molar refractivity (Wildman–Crippen MR) is 113 cm³/mol. The maximum atomic E-state index is 12.5. The van der Waals surface area contributed by atoms with Gasteiger partial charge in [-0.2, -0.15) is 5.26 Å². The number of amides is 1. The number of nitrogens with one attached hydrogen (secondary N) is 1. The molecule has 0 unspecified atom stereocenters. The topological polar surface area (TPSA) is 62.1 Å². The zero-order chi connectivity index (χ0) is 20.0. The minimum Gasteiger partial charge on any atom is -0.492 e. The summed E-state index contributed by atoms with van der Waals surface area (Å²) in [5, 5.41) is 12.2. The highest BCUT2D eigenvalue weighted by molar-refractivity contribution is 9.10. The summed E-state index contributed by atoms with van der Waals surface area (Å²) in [5.41, 5.74) is 3.55. The smallest absolute Gasteiger partial charge is 0.266 e. The monoisotopic (exact) mass is 426 g/mol. The Morgan fingerprint density at radius 3 is 2.59 bits per heavy atom. The Labute approximate surface area is 169 Å². The molecular formula is C22H23BrN2O2. The summed E-state index contributed by atoms with van der Waals surface area (Å²) < 4.78 is 6.50. The van der Waals surface area contributed by atoms with Crippen LogP contribution in [0.15, 0.2) is 46.4 Å². The lowest BCUT2D eigenvalue weighted by molar-refractivity contribution is -0.112. The van der Waals surface area contributed by atoms with E-state index in [0.29, 0.717) is 18.2 Å². The zero-order valence-electron chi connectivity index (χ0n) is 16.0. The van der Waals surface area contributed by atoms with Crippen LogP contribution in [0.1, 0.15) is 30.5 Å². The van der Waals surface area contributed by atoms with E-state index in [1.54, 1.807) is 6.08 Å². The number of rotatable bonds is 6. The first-order valence-corrected chi connectivity index (χ1v) is 9.52. The number of anilines is 1. The second kappa shape index (κ2) is 9.38. The van der Waals surface area contributed by atoms with Gasteiger partial charge in [0, 0.05) is 5.69 Å². The average Bonchev–Trinajstić information content (AvgIpc) is 2.61. The van der Waals surface area contributed by atoms with Gasteiger partial charge in [-0.25, -0.2) is 0 Å². The van der Waals surface area contributed by atoms with Crippen molar-refractivity contribution < 1.29 is 9.53 Å². The van der Waals surface area contributed by atoms with E-state index in [4.69, 9.17) is 4.74 Å². The molecule has 27 heavy (non-hydrogen) atoms. The van der Waals surface area contributed by atoms with Crippen molar-refractivity contribution in [2.75, 3.05) is 11.9 Å². The lowest BCUT2D eigenvalue weighted by atomic mass is 10.1. The Bertz CT molecular complexity index is 911. The number of carbonyl (C=O) groups is 1. The van der Waals surface area contributed by atoms with Crippen molar-refractivity contribution in [2.45, 2.75) is 27.7 Å². The van der Waals surface area contributed by atoms with E-state index in [1.807, 2.05) is 56.3 Å². The van der Waals surface area contributed by atoms with Gasteiger partial charge in [-0.05, 0) is 71.1 Å². The maximum absolute atomic E-state index is 12.5. The summed E-state index contributed by atoms with van der Waals surface area (Å²) in [6.45, 7) is 8.70. The summed E-state index contributed by atoms with van der Waals surface area (Å²) >= 11 is 3.48. The molecule has 0 atom stereocenters. The van der Waals surface area contributed by atoms with Crippen molar-refractivity contribution in [1.29, 1.82) is 5.26 Å². The van der Waals surface area contributed by atoms with Crippen LogP contribution in [-0.4, -0.2) is 12.5 Å². The normalized spacial score (nSPS) is 11.2. The fraction of sp³-hybridized carbons (Fsp3) is 0.273. The molecule has 2 aromatic carbocycles. The maximum Gasteiger partial charge on any atom is 0.266 e. The van der Waals surface area contributed by atoms with Gasteiger partial charge in [0.2, 0.25) is 0 Å². The summed E-state index contributed by atoms with van der Waals surface area (Å²) in [6.07, 6.45) is 1.57. The van der Waals surface area contributed by atoms with Crippen LogP contribution in [0.3, 0.4) is 0 Å². The van der Waals surface area contributed by atoms with Crippen LogP contribution in [-0.2, 0) is 4.79 Å². The highest BCUT2D eigenvalue weighted by atomic mass is 79.9. The largest absolute Gasteiger partial charge is 0.492 e. The molecule has 0 heterocycles. The minimum atomic E-state index is -0.430. The van der Waals surface area contributed by atoms with Gasteiger partial charge >= 0.3 is 0 Å². The summed E-state index contributed by atoms with van der Waals surface area (Å²) in [6, 6.07) is 13.2. The Morgan fingerprint density at radius 1 is 1.26 bits per heavy atom. The third-order valence-corrected chi connectivity index (χ3v) is 4.45. The van der Waals surface area contributed by atoms with Gasteiger partial charge in [0.05, 0.1) is 11.1 Å². The van der Waals surface area contributed by atoms with Crippen LogP contribution >= 0.6 is 15.9 Å². The number of carbonyl (C=O) groups excluding carboxylic acids is 1. The number of ether oxygens (including phenoxy) is 1. The van der Waals surface area contributed by atoms with Crippen molar-refractivity contribution in [2.24, 2.45) is 5.92 Å². The van der Waals surface area contributed by atoms with Crippen molar-refractivity contribution >= 4 is 33.6 Å². The molecule has 2 aromatic rings. The van der Waals surface area contributed by atoms with E-state index >= 15 is 0 Å². The van der Waals surface area contributed by atoms with Gasteiger partial charge in [-0.15, -0.1) is 0 Å². The third kappa shape index (κ3) is 5.97. The van der Waals surface area contributed by atoms with Crippen LogP contribution in [0.5, 0.6) is 5.75 Å². The molecule has 0 fully saturated rings. The number of nitrogens with zero attached hydrogens (tertiary/aromatic N) is 1. The number of hydrogen-bond donors (Lipinski definition) is 1. The van der Waals surface area contributed by atoms with Gasteiger partial charge in [0.25, 0.3) is 5.91 Å². The molecule has 1 amide bonds. The van der Waals surface area contributed by atoms with Crippen molar-refractivity contribution in [3.63, 3.8) is 0 Å². The highest BCUT2D eigenvalue weighted by Gasteiger charge is 2.12. The molecule has 0 saturated heterocycles. The first kappa shape index (κ1) is 20.7. The lowest BCUT2D eigenvalue weighted by Crippen LogP contribution is -2.14. The van der Waals surface area contributed by atoms with Crippen molar-refractivity contribution in [3.05, 3.63) is 63.1 Å². The molecule has 0 spiro atoms. The van der Waals surface area contributed by atoms with Crippen LogP contribution in [0.2, 0.25) is 0 Å². The van der Waals surface area contributed by atoms with Crippen LogP contribution in [0, 0.1) is 31.1 Å². The fourth-order valence-electron chi connectivity index (χ4n) is 2.44. The molecule has 1 N–H and O–H groups in total. The van der Waals surface area contributed by atoms with E-state index < -0.39 is 5.91 Å². The van der Waals surface area contributed by atoms with Gasteiger partial charge < -0.3 is 10.1 Å². The second-order valence-corrected chi connectivity index (χ2v) is 7.69. The zero-order valence-corrected chi connectivity index (χ0v) is 17.6. The second-order valence-electron chi connectivity index (χ2n) is 6.84. The summed E-state index contributed by atoms with van der Waals surface area (Å²) in [7, 11) is 0. The van der Waals surface area contributed by atoms with E-state index in [0.717, 1.165) is 26.9 Å². The molecule has 4 nitrogen and oxygen atoms in total. The highest BCUT2D eigenvalue weighted by Crippen LogP contribution is 2.27. The van der Waals surface area contributed by atoms with Crippen LogP contribution < -0.4 is 10.1 Å². The standard InChI is InChI=1S/C22H23BrN2O2/c1-14(2)13-27-21-8-6-17(11-19(21)23)10-18(12-24)22(26)25-20-7-5-15(3)9-16(20)4/h5-11,14H,13H2,1-4H3,(H,25,26)/b18-10+. The first-order valence-electron chi connectivity index (χ1n) is 8.73. The molecule has 0 saturated carbocycles. The minimum absolute atomic E-state index is 0.0396. The van der Waals surface area contributed by atoms with Crippen LogP contribution in [0.25, 0.3) is 6.08 Å². The van der Waals surface area contributed by atoms with E-state index in [9.17, 15) is 10.1 Å². The molecule has 5 heteroatoms. The third-order valence-electron chi connectivity index (χ3n) is 3.83. The summed E-state index contributed by atoms with van der Waals surface area (Å²) in [5.74, 6) is 0.732. The van der Waals surface area contributed by atoms with Gasteiger partial charge in [-0.1, -0.05) is 37.6 Å². The Kier molecular flexibility index (Phi) is 7.20. The fourth-order valence-corrected chi connectivity index (χ4v) is 2.95. The molecule has 0 aliphatic heterocycles. The average molecular weight is 427 g/mol.